The molecule has 3 unspecified atom stereocenters. The molecule has 1 saturated carbocycles. The Hall–Kier alpha value is 0.660. The molecule has 1 heterocycles. The minimum atomic E-state index is -0.0481. The molecular weight excluding hydrogens is 212 g/mol. The summed E-state index contributed by atoms with van der Waals surface area (Å²) in [7, 11) is 0. The molecule has 1 saturated heterocycles. The zero-order chi connectivity index (χ0) is 9.97. The molecule has 1 N–H and O–H groups in total. The van der Waals surface area contributed by atoms with Gasteiger partial charge in [0.15, 0.2) is 0 Å². The molecule has 2 aliphatic rings. The Morgan fingerprint density at radius 2 is 2.00 bits per heavy atom. The highest BCUT2D eigenvalue weighted by Crippen LogP contribution is 2.37. The molecule has 0 radical (unpaired) electrons. The van der Waals surface area contributed by atoms with E-state index in [9.17, 15) is 5.11 Å². The summed E-state index contributed by atoms with van der Waals surface area (Å²) in [5.74, 6) is 3.32. The number of thioether (sulfide) groups is 2. The van der Waals surface area contributed by atoms with Crippen LogP contribution in [0.1, 0.15) is 32.6 Å². The number of hydrogen-bond acceptors (Lipinski definition) is 3. The maximum absolute atomic E-state index is 10.1. The van der Waals surface area contributed by atoms with E-state index < -0.39 is 0 Å². The van der Waals surface area contributed by atoms with Crippen molar-refractivity contribution in [2.45, 2.75) is 49.2 Å². The van der Waals surface area contributed by atoms with Crippen LogP contribution in [0.5, 0.6) is 0 Å². The fourth-order valence-electron chi connectivity index (χ4n) is 2.28. The second kappa shape index (κ2) is 5.13. The first-order chi connectivity index (χ1) is 6.77. The third-order valence-corrected chi connectivity index (χ3v) is 6.65. The smallest absolute Gasteiger partial charge is 0.0672 e. The molecule has 1 aliphatic heterocycles. The van der Waals surface area contributed by atoms with Gasteiger partial charge in [-0.05, 0) is 12.3 Å². The van der Waals surface area contributed by atoms with Crippen LogP contribution in [-0.4, -0.2) is 33.2 Å². The van der Waals surface area contributed by atoms with Gasteiger partial charge >= 0.3 is 0 Å². The van der Waals surface area contributed by atoms with E-state index in [1.165, 1.54) is 30.8 Å². The Kier molecular flexibility index (Phi) is 4.09. The van der Waals surface area contributed by atoms with Crippen molar-refractivity contribution in [1.29, 1.82) is 0 Å². The Balaban J connectivity index is 1.79. The van der Waals surface area contributed by atoms with Crippen LogP contribution in [0.3, 0.4) is 0 Å². The third kappa shape index (κ3) is 2.61. The summed E-state index contributed by atoms with van der Waals surface area (Å²) in [5.41, 5.74) is 0. The Morgan fingerprint density at radius 3 is 2.57 bits per heavy atom. The van der Waals surface area contributed by atoms with Gasteiger partial charge in [0.2, 0.25) is 0 Å². The SMILES string of the molecule is CC1SCCSC1C(O)CC1CCC1. The maximum Gasteiger partial charge on any atom is 0.0672 e. The van der Waals surface area contributed by atoms with Crippen LogP contribution in [0.15, 0.2) is 0 Å². The lowest BCUT2D eigenvalue weighted by Crippen LogP contribution is -2.36. The topological polar surface area (TPSA) is 20.2 Å². The first kappa shape index (κ1) is 11.2. The number of hydrogen-bond donors (Lipinski definition) is 1. The predicted octanol–water partition coefficient (Wildman–Crippen LogP) is 2.77. The van der Waals surface area contributed by atoms with Crippen LogP contribution < -0.4 is 0 Å². The van der Waals surface area contributed by atoms with E-state index >= 15 is 0 Å². The summed E-state index contributed by atoms with van der Waals surface area (Å²) in [6.07, 6.45) is 5.11. The van der Waals surface area contributed by atoms with Crippen molar-refractivity contribution in [3.05, 3.63) is 0 Å². The fraction of sp³-hybridized carbons (Fsp3) is 1.00. The van der Waals surface area contributed by atoms with E-state index in [4.69, 9.17) is 0 Å². The van der Waals surface area contributed by atoms with Crippen molar-refractivity contribution in [3.8, 4) is 0 Å². The Morgan fingerprint density at radius 1 is 1.29 bits per heavy atom. The molecule has 0 aromatic carbocycles. The minimum Gasteiger partial charge on any atom is -0.392 e. The van der Waals surface area contributed by atoms with Crippen LogP contribution in [0, 0.1) is 5.92 Å². The van der Waals surface area contributed by atoms with Gasteiger partial charge in [-0.1, -0.05) is 26.2 Å². The number of aliphatic hydroxyl groups is 1. The molecule has 3 heteroatoms. The van der Waals surface area contributed by atoms with E-state index in [1.807, 2.05) is 23.5 Å². The standard InChI is InChI=1S/C11H20OS2/c1-8-11(14-6-5-13-8)10(12)7-9-3-2-4-9/h8-12H,2-7H2,1H3. The maximum atomic E-state index is 10.1. The molecule has 3 atom stereocenters. The first-order valence-corrected chi connectivity index (χ1v) is 7.78. The molecule has 0 aromatic rings. The van der Waals surface area contributed by atoms with E-state index in [2.05, 4.69) is 6.92 Å². The molecule has 2 fully saturated rings. The van der Waals surface area contributed by atoms with E-state index in [0.29, 0.717) is 10.5 Å². The highest BCUT2D eigenvalue weighted by atomic mass is 32.2. The highest BCUT2D eigenvalue weighted by molar-refractivity contribution is 8.07. The van der Waals surface area contributed by atoms with Gasteiger partial charge in [0.1, 0.15) is 0 Å². The monoisotopic (exact) mass is 232 g/mol. The normalized spacial score (nSPS) is 36.4. The molecule has 0 aromatic heterocycles. The molecule has 0 bridgehead atoms. The lowest BCUT2D eigenvalue weighted by molar-refractivity contribution is 0.115. The Labute approximate surface area is 95.4 Å². The van der Waals surface area contributed by atoms with Crippen molar-refractivity contribution in [3.63, 3.8) is 0 Å². The number of aliphatic hydroxyl groups excluding tert-OH is 1. The molecule has 0 amide bonds. The van der Waals surface area contributed by atoms with E-state index in [0.717, 1.165) is 12.3 Å². The lowest BCUT2D eigenvalue weighted by Gasteiger charge is -2.35. The van der Waals surface area contributed by atoms with Gasteiger partial charge < -0.3 is 5.11 Å². The molecule has 14 heavy (non-hydrogen) atoms. The quantitative estimate of drug-likeness (QED) is 0.808. The van der Waals surface area contributed by atoms with Gasteiger partial charge in [0.25, 0.3) is 0 Å². The second-order valence-electron chi connectivity index (χ2n) is 4.51. The zero-order valence-electron chi connectivity index (χ0n) is 8.82. The highest BCUT2D eigenvalue weighted by Gasteiger charge is 2.31. The van der Waals surface area contributed by atoms with Gasteiger partial charge in [0, 0.05) is 22.0 Å². The van der Waals surface area contributed by atoms with E-state index in [-0.39, 0.29) is 6.10 Å². The molecule has 0 spiro atoms. The fourth-order valence-corrected chi connectivity index (χ4v) is 5.14. The summed E-state index contributed by atoms with van der Waals surface area (Å²) in [5, 5.41) is 11.3. The van der Waals surface area contributed by atoms with Gasteiger partial charge in [-0.15, -0.1) is 0 Å². The van der Waals surface area contributed by atoms with Gasteiger partial charge in [-0.25, -0.2) is 0 Å². The molecule has 82 valence electrons. The van der Waals surface area contributed by atoms with Gasteiger partial charge in [0.05, 0.1) is 6.10 Å². The number of rotatable bonds is 3. The lowest BCUT2D eigenvalue weighted by atomic mass is 9.81. The van der Waals surface area contributed by atoms with Crippen molar-refractivity contribution in [2.24, 2.45) is 5.92 Å². The second-order valence-corrected chi connectivity index (χ2v) is 7.28. The predicted molar refractivity (Wildman–Crippen MR) is 66.1 cm³/mol. The van der Waals surface area contributed by atoms with Crippen LogP contribution in [-0.2, 0) is 0 Å². The van der Waals surface area contributed by atoms with Crippen molar-refractivity contribution in [2.75, 3.05) is 11.5 Å². The van der Waals surface area contributed by atoms with Crippen LogP contribution in [0.25, 0.3) is 0 Å². The zero-order valence-corrected chi connectivity index (χ0v) is 10.4. The average Bonchev–Trinajstić information content (AvgIpc) is 2.12. The van der Waals surface area contributed by atoms with Gasteiger partial charge in [-0.3, -0.25) is 0 Å². The molecule has 1 aliphatic carbocycles. The van der Waals surface area contributed by atoms with E-state index in [1.54, 1.807) is 0 Å². The average molecular weight is 232 g/mol. The summed E-state index contributed by atoms with van der Waals surface area (Å²) < 4.78 is 0. The third-order valence-electron chi connectivity index (χ3n) is 3.42. The minimum absolute atomic E-state index is 0.0481. The summed E-state index contributed by atoms with van der Waals surface area (Å²) in [4.78, 5) is 0. The molecule has 1 nitrogen and oxygen atoms in total. The molecular formula is C11H20OS2. The summed E-state index contributed by atoms with van der Waals surface area (Å²) in [6, 6.07) is 0. The van der Waals surface area contributed by atoms with Crippen LogP contribution in [0.2, 0.25) is 0 Å². The van der Waals surface area contributed by atoms with Crippen molar-refractivity contribution in [1.82, 2.24) is 0 Å². The van der Waals surface area contributed by atoms with Crippen LogP contribution >= 0.6 is 23.5 Å². The van der Waals surface area contributed by atoms with Crippen molar-refractivity contribution < 1.29 is 5.11 Å². The summed E-state index contributed by atoms with van der Waals surface area (Å²) in [6.45, 7) is 2.27. The Bertz CT molecular complexity index is 182. The van der Waals surface area contributed by atoms with Crippen molar-refractivity contribution >= 4 is 23.5 Å². The first-order valence-electron chi connectivity index (χ1n) is 5.68. The largest absolute Gasteiger partial charge is 0.392 e. The van der Waals surface area contributed by atoms with Gasteiger partial charge in [-0.2, -0.15) is 23.5 Å². The summed E-state index contributed by atoms with van der Waals surface area (Å²) >= 11 is 4.01. The van der Waals surface area contributed by atoms with Crippen LogP contribution in [0.4, 0.5) is 0 Å². The molecule has 2 rings (SSSR count).